The van der Waals surface area contributed by atoms with Gasteiger partial charge in [-0.25, -0.2) is 9.59 Å². The van der Waals surface area contributed by atoms with Gasteiger partial charge in [-0.1, -0.05) is 26.7 Å². The summed E-state index contributed by atoms with van der Waals surface area (Å²) in [6, 6.07) is -0.429. The Morgan fingerprint density at radius 2 is 2.00 bits per heavy atom. The van der Waals surface area contributed by atoms with Crippen LogP contribution in [0.2, 0.25) is 0 Å². The fraction of sp³-hybridized carbons (Fsp3) is 0.867. The molecule has 1 heterocycles. The first kappa shape index (κ1) is 16.5. The first-order valence-corrected chi connectivity index (χ1v) is 9.04. The van der Waals surface area contributed by atoms with Crippen LogP contribution in [0.15, 0.2) is 0 Å². The third kappa shape index (κ3) is 4.05. The van der Waals surface area contributed by atoms with Gasteiger partial charge in [0, 0.05) is 18.3 Å². The van der Waals surface area contributed by atoms with E-state index in [1.165, 1.54) is 24.6 Å². The van der Waals surface area contributed by atoms with Crippen molar-refractivity contribution in [3.05, 3.63) is 0 Å². The third-order valence-corrected chi connectivity index (χ3v) is 5.38. The van der Waals surface area contributed by atoms with Gasteiger partial charge in [-0.3, -0.25) is 0 Å². The van der Waals surface area contributed by atoms with E-state index in [0.29, 0.717) is 23.6 Å². The van der Waals surface area contributed by atoms with Gasteiger partial charge in [-0.15, -0.1) is 11.8 Å². The predicted molar refractivity (Wildman–Crippen MR) is 84.4 cm³/mol. The van der Waals surface area contributed by atoms with E-state index in [2.05, 4.69) is 13.8 Å². The number of hydrogen-bond acceptors (Lipinski definition) is 3. The Bertz CT molecular complexity index is 383. The molecule has 1 saturated carbocycles. The van der Waals surface area contributed by atoms with Crippen molar-refractivity contribution < 1.29 is 14.7 Å². The molecule has 1 aliphatic carbocycles. The largest absolute Gasteiger partial charge is 0.480 e. The molecule has 0 aromatic carbocycles. The van der Waals surface area contributed by atoms with Crippen LogP contribution in [-0.4, -0.2) is 57.2 Å². The van der Waals surface area contributed by atoms with Gasteiger partial charge in [0.05, 0.1) is 5.88 Å². The molecule has 1 aliphatic heterocycles. The molecule has 2 aliphatic rings. The number of urea groups is 1. The van der Waals surface area contributed by atoms with E-state index in [-0.39, 0.29) is 6.03 Å². The highest BCUT2D eigenvalue weighted by molar-refractivity contribution is 7.99. The van der Waals surface area contributed by atoms with Crippen LogP contribution in [0.1, 0.15) is 46.0 Å². The standard InChI is InChI=1S/C15H26N2O3S/c1-11(2)7-8-16(12-5-3-4-6-12)15(20)17-10-21-9-13(17)14(18)19/h11-13H,3-10H2,1-2H3,(H,18,19)/t13-/m0/s1. The molecule has 0 aromatic rings. The number of aliphatic carboxylic acids is 1. The quantitative estimate of drug-likeness (QED) is 0.847. The van der Waals surface area contributed by atoms with Crippen molar-refractivity contribution in [2.45, 2.75) is 58.0 Å². The molecule has 0 aromatic heterocycles. The van der Waals surface area contributed by atoms with E-state index in [9.17, 15) is 14.7 Å². The van der Waals surface area contributed by atoms with Crippen molar-refractivity contribution in [3.63, 3.8) is 0 Å². The van der Waals surface area contributed by atoms with E-state index in [1.807, 2.05) is 4.90 Å². The fourth-order valence-electron chi connectivity index (χ4n) is 3.05. The Hall–Kier alpha value is -0.910. The molecule has 120 valence electrons. The minimum absolute atomic E-state index is 0.0695. The molecule has 0 spiro atoms. The first-order chi connectivity index (χ1) is 10.0. The van der Waals surface area contributed by atoms with Crippen LogP contribution in [0, 0.1) is 5.92 Å². The smallest absolute Gasteiger partial charge is 0.327 e. The number of hydrogen-bond donors (Lipinski definition) is 1. The van der Waals surface area contributed by atoms with Gasteiger partial charge >= 0.3 is 12.0 Å². The van der Waals surface area contributed by atoms with Crippen molar-refractivity contribution in [2.24, 2.45) is 5.92 Å². The Morgan fingerprint density at radius 3 is 2.57 bits per heavy atom. The van der Waals surface area contributed by atoms with Crippen LogP contribution in [0.25, 0.3) is 0 Å². The summed E-state index contributed by atoms with van der Waals surface area (Å²) in [6.07, 6.45) is 5.44. The molecule has 1 atom stereocenters. The Kier molecular flexibility index (Phi) is 5.79. The molecule has 0 bridgehead atoms. The Labute approximate surface area is 131 Å². The van der Waals surface area contributed by atoms with Crippen molar-refractivity contribution in [3.8, 4) is 0 Å². The lowest BCUT2D eigenvalue weighted by atomic mass is 10.1. The molecule has 0 radical (unpaired) electrons. The second-order valence-electron chi connectivity index (χ2n) is 6.42. The average Bonchev–Trinajstić information content (AvgIpc) is 3.09. The maximum atomic E-state index is 12.8. The normalized spacial score (nSPS) is 23.0. The van der Waals surface area contributed by atoms with Crippen LogP contribution < -0.4 is 0 Å². The van der Waals surface area contributed by atoms with Crippen molar-refractivity contribution in [1.82, 2.24) is 9.80 Å². The SMILES string of the molecule is CC(C)CCN(C(=O)N1CSC[C@H]1C(=O)O)C1CCCC1. The summed E-state index contributed by atoms with van der Waals surface area (Å²) in [4.78, 5) is 27.6. The van der Waals surface area contributed by atoms with E-state index in [1.54, 1.807) is 4.90 Å². The molecule has 6 heteroatoms. The number of nitrogens with zero attached hydrogens (tertiary/aromatic N) is 2. The van der Waals surface area contributed by atoms with Crippen LogP contribution >= 0.6 is 11.8 Å². The highest BCUT2D eigenvalue weighted by atomic mass is 32.2. The zero-order valence-corrected chi connectivity index (χ0v) is 13.8. The number of carbonyl (C=O) groups excluding carboxylic acids is 1. The summed E-state index contributed by atoms with van der Waals surface area (Å²) < 4.78 is 0. The van der Waals surface area contributed by atoms with Gasteiger partial charge in [-0.2, -0.15) is 0 Å². The van der Waals surface area contributed by atoms with E-state index in [4.69, 9.17) is 0 Å². The molecule has 0 unspecified atom stereocenters. The lowest BCUT2D eigenvalue weighted by Crippen LogP contribution is -2.51. The van der Waals surface area contributed by atoms with Gasteiger partial charge in [0.1, 0.15) is 6.04 Å². The number of carbonyl (C=O) groups is 2. The summed E-state index contributed by atoms with van der Waals surface area (Å²) in [7, 11) is 0. The van der Waals surface area contributed by atoms with Crippen LogP contribution in [0.5, 0.6) is 0 Å². The van der Waals surface area contributed by atoms with Crippen LogP contribution in [-0.2, 0) is 4.79 Å². The minimum Gasteiger partial charge on any atom is -0.480 e. The summed E-state index contributed by atoms with van der Waals surface area (Å²) in [5, 5.41) is 9.27. The molecular formula is C15H26N2O3S. The van der Waals surface area contributed by atoms with Crippen molar-refractivity contribution in [1.29, 1.82) is 0 Å². The molecule has 2 amide bonds. The van der Waals surface area contributed by atoms with Gasteiger partial charge in [0.2, 0.25) is 0 Å². The number of thioether (sulfide) groups is 1. The highest BCUT2D eigenvalue weighted by Crippen LogP contribution is 2.28. The molecule has 21 heavy (non-hydrogen) atoms. The van der Waals surface area contributed by atoms with E-state index in [0.717, 1.165) is 25.8 Å². The van der Waals surface area contributed by atoms with Crippen LogP contribution in [0.4, 0.5) is 4.79 Å². The average molecular weight is 314 g/mol. The molecule has 2 rings (SSSR count). The minimum atomic E-state index is -0.886. The third-order valence-electron chi connectivity index (χ3n) is 4.37. The second-order valence-corrected chi connectivity index (χ2v) is 7.42. The number of amides is 2. The molecule has 1 N–H and O–H groups in total. The van der Waals surface area contributed by atoms with Gasteiger partial charge < -0.3 is 14.9 Å². The molecule has 1 saturated heterocycles. The van der Waals surface area contributed by atoms with Gasteiger partial charge in [0.25, 0.3) is 0 Å². The molecule has 2 fully saturated rings. The van der Waals surface area contributed by atoms with Crippen molar-refractivity contribution >= 4 is 23.8 Å². The zero-order valence-electron chi connectivity index (χ0n) is 13.0. The second kappa shape index (κ2) is 7.38. The summed E-state index contributed by atoms with van der Waals surface area (Å²) in [6.45, 7) is 5.06. The topological polar surface area (TPSA) is 60.9 Å². The zero-order chi connectivity index (χ0) is 15.4. The highest BCUT2D eigenvalue weighted by Gasteiger charge is 2.38. The first-order valence-electron chi connectivity index (χ1n) is 7.88. The van der Waals surface area contributed by atoms with E-state index >= 15 is 0 Å². The maximum Gasteiger partial charge on any atom is 0.327 e. The lowest BCUT2D eigenvalue weighted by molar-refractivity contribution is -0.141. The number of rotatable bonds is 5. The number of carboxylic acids is 1. The van der Waals surface area contributed by atoms with E-state index < -0.39 is 12.0 Å². The van der Waals surface area contributed by atoms with Crippen LogP contribution in [0.3, 0.4) is 0 Å². The van der Waals surface area contributed by atoms with Crippen molar-refractivity contribution in [2.75, 3.05) is 18.2 Å². The lowest BCUT2D eigenvalue weighted by Gasteiger charge is -2.34. The summed E-state index contributed by atoms with van der Waals surface area (Å²) >= 11 is 1.53. The predicted octanol–water partition coefficient (Wildman–Crippen LogP) is 2.86. The summed E-state index contributed by atoms with van der Waals surface area (Å²) in [5.41, 5.74) is 0. The monoisotopic (exact) mass is 314 g/mol. The molecular weight excluding hydrogens is 288 g/mol. The Balaban J connectivity index is 2.07. The Morgan fingerprint density at radius 1 is 1.33 bits per heavy atom. The van der Waals surface area contributed by atoms with Gasteiger partial charge in [0.15, 0.2) is 0 Å². The summed E-state index contributed by atoms with van der Waals surface area (Å²) in [5.74, 6) is 0.665. The fourth-order valence-corrected chi connectivity index (χ4v) is 4.19. The van der Waals surface area contributed by atoms with Gasteiger partial charge in [-0.05, 0) is 25.2 Å². The molecule has 5 nitrogen and oxygen atoms in total. The number of carboxylic acid groups (broad SMARTS) is 1. The maximum absolute atomic E-state index is 12.8.